The maximum absolute atomic E-state index is 13.9. The summed E-state index contributed by atoms with van der Waals surface area (Å²) in [6, 6.07) is 8.21. The van der Waals surface area contributed by atoms with Crippen molar-refractivity contribution in [2.75, 3.05) is 38.5 Å². The van der Waals surface area contributed by atoms with Crippen LogP contribution in [0.1, 0.15) is 38.3 Å². The molecule has 0 spiro atoms. The zero-order valence-electron chi connectivity index (χ0n) is 22.2. The number of carbonyl (C=O) groups is 1. The second-order valence-electron chi connectivity index (χ2n) is 9.95. The zero-order chi connectivity index (χ0) is 30.1. The number of amides is 1. The van der Waals surface area contributed by atoms with E-state index in [4.69, 9.17) is 0 Å². The Morgan fingerprint density at radius 1 is 0.952 bits per heavy atom. The van der Waals surface area contributed by atoms with Gasteiger partial charge in [-0.1, -0.05) is 12.0 Å². The van der Waals surface area contributed by atoms with Crippen LogP contribution in [-0.4, -0.2) is 64.1 Å². The fraction of sp³-hybridized carbons (Fsp3) is 0.276. The van der Waals surface area contributed by atoms with E-state index in [1.54, 1.807) is 0 Å². The molecule has 1 fully saturated rings. The number of halogens is 6. The van der Waals surface area contributed by atoms with Gasteiger partial charge in [0.25, 0.3) is 5.91 Å². The number of aromatic nitrogens is 3. The number of alkyl halides is 6. The lowest BCUT2D eigenvalue weighted by atomic mass is 10.0. The highest BCUT2D eigenvalue weighted by atomic mass is 19.4. The summed E-state index contributed by atoms with van der Waals surface area (Å²) in [5, 5.41) is 9.23. The van der Waals surface area contributed by atoms with Crippen LogP contribution in [0.15, 0.2) is 54.9 Å². The van der Waals surface area contributed by atoms with Crippen molar-refractivity contribution < 1.29 is 31.1 Å². The highest BCUT2D eigenvalue weighted by Crippen LogP contribution is 2.35. The number of aromatic amines is 1. The second-order valence-corrected chi connectivity index (χ2v) is 9.95. The molecule has 1 aliphatic heterocycles. The van der Waals surface area contributed by atoms with Crippen molar-refractivity contribution >= 4 is 22.5 Å². The Labute approximate surface area is 236 Å². The van der Waals surface area contributed by atoms with Gasteiger partial charge in [0.05, 0.1) is 22.2 Å². The second kappa shape index (κ2) is 11.5. The number of nitrogens with one attached hydrogen (secondary N) is 2. The van der Waals surface area contributed by atoms with Gasteiger partial charge in [0.2, 0.25) is 0 Å². The number of benzene rings is 2. The van der Waals surface area contributed by atoms with Gasteiger partial charge in [-0.25, -0.2) is 0 Å². The molecule has 0 atom stereocenters. The SMILES string of the molecule is CN1CCN(Cc2ccc(NC(=O)c3cncc(C#Cc4n[nH]c5ccc(C(F)(F)F)cc45)c3)cc2C(F)(F)F)CC1. The number of fused-ring (bicyclic) bond motifs is 1. The molecular weight excluding hydrogens is 562 g/mol. The number of anilines is 1. The standard InChI is InChI=1S/C29H24F6N6O/c1-40-8-10-41(11-9-40)17-19-3-5-22(14-24(19)29(33,34)35)37-27(42)20-12-18(15-36-16-20)2-6-25-23-13-21(28(30,31)32)4-7-26(23)39-38-25/h3-5,7,12-16H,8-11,17H2,1H3,(H,37,42)(H,38,39). The Bertz CT molecular complexity index is 1680. The topological polar surface area (TPSA) is 77.2 Å². The Morgan fingerprint density at radius 2 is 1.71 bits per heavy atom. The first kappa shape index (κ1) is 29.1. The summed E-state index contributed by atoms with van der Waals surface area (Å²) in [5.74, 6) is 4.70. The molecule has 4 aromatic rings. The van der Waals surface area contributed by atoms with Crippen molar-refractivity contribution in [2.24, 2.45) is 0 Å². The van der Waals surface area contributed by atoms with Crippen LogP contribution in [0.5, 0.6) is 0 Å². The minimum atomic E-state index is -4.61. The molecular formula is C29H24F6N6O. The number of nitrogens with zero attached hydrogens (tertiary/aromatic N) is 4. The quantitative estimate of drug-likeness (QED) is 0.248. The van der Waals surface area contributed by atoms with Crippen molar-refractivity contribution in [3.8, 4) is 11.8 Å². The minimum absolute atomic E-state index is 0.0307. The molecule has 42 heavy (non-hydrogen) atoms. The van der Waals surface area contributed by atoms with Crippen molar-refractivity contribution in [2.45, 2.75) is 18.9 Å². The number of carbonyl (C=O) groups excluding carboxylic acids is 1. The number of pyridine rings is 1. The molecule has 0 unspecified atom stereocenters. The lowest BCUT2D eigenvalue weighted by Gasteiger charge is -2.33. The molecule has 1 aliphatic rings. The predicted octanol–water partition coefficient (Wildman–Crippen LogP) is 5.40. The third-order valence-corrected chi connectivity index (χ3v) is 6.88. The largest absolute Gasteiger partial charge is 0.416 e. The molecule has 5 rings (SSSR count). The van der Waals surface area contributed by atoms with Crippen LogP contribution in [0.2, 0.25) is 0 Å². The lowest BCUT2D eigenvalue weighted by Crippen LogP contribution is -2.44. The Hall–Kier alpha value is -4.41. The van der Waals surface area contributed by atoms with E-state index in [2.05, 4.69) is 37.2 Å². The lowest BCUT2D eigenvalue weighted by molar-refractivity contribution is -0.138. The average Bonchev–Trinajstić information content (AvgIpc) is 3.35. The number of hydrogen-bond acceptors (Lipinski definition) is 5. The van der Waals surface area contributed by atoms with Crippen LogP contribution in [0.3, 0.4) is 0 Å². The van der Waals surface area contributed by atoms with Crippen molar-refractivity contribution in [1.29, 1.82) is 0 Å². The fourth-order valence-electron chi connectivity index (χ4n) is 4.56. The van der Waals surface area contributed by atoms with Crippen LogP contribution < -0.4 is 5.32 Å². The van der Waals surface area contributed by atoms with E-state index in [9.17, 15) is 31.1 Å². The molecule has 218 valence electrons. The molecule has 13 heteroatoms. The Morgan fingerprint density at radius 3 is 2.43 bits per heavy atom. The van der Waals surface area contributed by atoms with E-state index >= 15 is 0 Å². The van der Waals surface area contributed by atoms with Gasteiger partial charge in [-0.15, -0.1) is 0 Å². The average molecular weight is 587 g/mol. The maximum Gasteiger partial charge on any atom is 0.416 e. The van der Waals surface area contributed by atoms with E-state index < -0.39 is 29.4 Å². The third-order valence-electron chi connectivity index (χ3n) is 6.88. The van der Waals surface area contributed by atoms with Crippen molar-refractivity contribution in [3.63, 3.8) is 0 Å². The van der Waals surface area contributed by atoms with Crippen LogP contribution in [0.25, 0.3) is 10.9 Å². The number of likely N-dealkylation sites (N-methyl/N-ethyl adjacent to an activating group) is 1. The first-order chi connectivity index (χ1) is 19.9. The molecule has 0 radical (unpaired) electrons. The first-order valence-electron chi connectivity index (χ1n) is 12.8. The van der Waals surface area contributed by atoms with Gasteiger partial charge in [0, 0.05) is 61.8 Å². The molecule has 2 N–H and O–H groups in total. The van der Waals surface area contributed by atoms with Crippen LogP contribution >= 0.6 is 0 Å². The first-order valence-corrected chi connectivity index (χ1v) is 12.8. The van der Waals surface area contributed by atoms with E-state index in [0.717, 1.165) is 31.3 Å². The number of piperazine rings is 1. The summed E-state index contributed by atoms with van der Waals surface area (Å²) in [7, 11) is 1.96. The number of rotatable bonds is 4. The summed E-state index contributed by atoms with van der Waals surface area (Å²) < 4.78 is 81.1. The van der Waals surface area contributed by atoms with Crippen LogP contribution in [0, 0.1) is 11.8 Å². The van der Waals surface area contributed by atoms with Crippen LogP contribution in [-0.2, 0) is 18.9 Å². The van der Waals surface area contributed by atoms with Gasteiger partial charge in [-0.05, 0) is 54.9 Å². The van der Waals surface area contributed by atoms with Gasteiger partial charge >= 0.3 is 12.4 Å². The van der Waals surface area contributed by atoms with E-state index in [0.29, 0.717) is 18.6 Å². The van der Waals surface area contributed by atoms with Crippen LogP contribution in [0.4, 0.5) is 32.0 Å². The maximum atomic E-state index is 13.9. The van der Waals surface area contributed by atoms with E-state index in [1.807, 2.05) is 11.9 Å². The number of hydrogen-bond donors (Lipinski definition) is 2. The van der Waals surface area contributed by atoms with Gasteiger partial charge in [-0.2, -0.15) is 31.4 Å². The summed E-state index contributed by atoms with van der Waals surface area (Å²) >= 11 is 0. The van der Waals surface area contributed by atoms with E-state index in [1.165, 1.54) is 36.7 Å². The minimum Gasteiger partial charge on any atom is -0.322 e. The Balaban J connectivity index is 1.33. The smallest absolute Gasteiger partial charge is 0.322 e. The molecule has 2 aromatic carbocycles. The molecule has 0 aliphatic carbocycles. The molecule has 3 heterocycles. The number of H-pyrrole nitrogens is 1. The van der Waals surface area contributed by atoms with Gasteiger partial charge < -0.3 is 10.2 Å². The van der Waals surface area contributed by atoms with Gasteiger partial charge in [0.15, 0.2) is 0 Å². The molecule has 1 saturated heterocycles. The monoisotopic (exact) mass is 586 g/mol. The summed E-state index contributed by atoms with van der Waals surface area (Å²) in [4.78, 5) is 20.9. The normalized spacial score (nSPS) is 14.9. The molecule has 0 saturated carbocycles. The predicted molar refractivity (Wildman–Crippen MR) is 143 cm³/mol. The molecule has 2 aromatic heterocycles. The summed E-state index contributed by atoms with van der Waals surface area (Å²) in [6.07, 6.45) is -6.58. The summed E-state index contributed by atoms with van der Waals surface area (Å²) in [5.41, 5.74) is -0.856. The fourth-order valence-corrected chi connectivity index (χ4v) is 4.56. The molecule has 7 nitrogen and oxygen atoms in total. The van der Waals surface area contributed by atoms with E-state index in [-0.39, 0.29) is 40.0 Å². The van der Waals surface area contributed by atoms with Gasteiger partial charge in [-0.3, -0.25) is 19.8 Å². The zero-order valence-corrected chi connectivity index (χ0v) is 22.2. The van der Waals surface area contributed by atoms with Gasteiger partial charge in [0.1, 0.15) is 5.69 Å². The highest BCUT2D eigenvalue weighted by Gasteiger charge is 2.34. The van der Waals surface area contributed by atoms with Crippen molar-refractivity contribution in [3.05, 3.63) is 88.4 Å². The Kier molecular flexibility index (Phi) is 7.94. The molecule has 1 amide bonds. The molecule has 0 bridgehead atoms. The van der Waals surface area contributed by atoms with Crippen molar-refractivity contribution in [1.82, 2.24) is 25.0 Å². The highest BCUT2D eigenvalue weighted by molar-refractivity contribution is 6.04. The third kappa shape index (κ3) is 6.72. The summed E-state index contributed by atoms with van der Waals surface area (Å²) in [6.45, 7) is 2.99.